The summed E-state index contributed by atoms with van der Waals surface area (Å²) in [6, 6.07) is 3.44. The molecule has 94 valence electrons. The zero-order valence-electron chi connectivity index (χ0n) is 9.73. The van der Waals surface area contributed by atoms with Gasteiger partial charge in [-0.1, -0.05) is 0 Å². The van der Waals surface area contributed by atoms with Crippen molar-refractivity contribution in [2.75, 3.05) is 7.05 Å². The first-order valence-corrected chi connectivity index (χ1v) is 5.88. The van der Waals surface area contributed by atoms with Crippen LogP contribution in [0.25, 0.3) is 6.08 Å². The third kappa shape index (κ3) is 2.51. The highest BCUT2D eigenvalue weighted by atomic mass is 79.9. The van der Waals surface area contributed by atoms with Crippen LogP contribution < -0.4 is 5.32 Å². The summed E-state index contributed by atoms with van der Waals surface area (Å²) in [5.41, 5.74) is 0.334. The number of likely N-dealkylation sites (N-methyl/N-ethyl adjacent to an activating group) is 1. The molecule has 2 heterocycles. The van der Waals surface area contributed by atoms with E-state index in [1.54, 1.807) is 25.3 Å². The van der Waals surface area contributed by atoms with Crippen LogP contribution >= 0.6 is 15.9 Å². The summed E-state index contributed by atoms with van der Waals surface area (Å²) in [7, 11) is 1.64. The van der Waals surface area contributed by atoms with Crippen LogP contribution in [0.5, 0.6) is 0 Å². The average molecular weight is 312 g/mol. The predicted molar refractivity (Wildman–Crippen MR) is 68.4 cm³/mol. The van der Waals surface area contributed by atoms with Crippen LogP contribution in [0.4, 0.5) is 0 Å². The highest BCUT2D eigenvalue weighted by molar-refractivity contribution is 9.10. The maximum absolute atomic E-state index is 11.7. The molecule has 7 heteroatoms. The van der Waals surface area contributed by atoms with Crippen LogP contribution in [0, 0.1) is 0 Å². The van der Waals surface area contributed by atoms with E-state index in [9.17, 15) is 9.59 Å². The Balaban J connectivity index is 2.25. The summed E-state index contributed by atoms with van der Waals surface area (Å²) in [4.78, 5) is 27.9. The van der Waals surface area contributed by atoms with Gasteiger partial charge >= 0.3 is 0 Å². The molecular formula is C11H10BrN3O3. The zero-order chi connectivity index (χ0) is 13.3. The number of nitrogens with one attached hydrogen (secondary N) is 1. The molecule has 1 aliphatic rings. The molecule has 1 N–H and O–H groups in total. The molecule has 0 saturated heterocycles. The Hall–Kier alpha value is -1.89. The van der Waals surface area contributed by atoms with E-state index in [1.165, 1.54) is 11.8 Å². The lowest BCUT2D eigenvalue weighted by Gasteiger charge is -2.14. The van der Waals surface area contributed by atoms with Crippen LogP contribution in [0.1, 0.15) is 12.7 Å². The van der Waals surface area contributed by atoms with E-state index in [2.05, 4.69) is 26.2 Å². The van der Waals surface area contributed by atoms with Crippen LogP contribution in [-0.2, 0) is 9.59 Å². The lowest BCUT2D eigenvalue weighted by atomic mass is 10.3. The van der Waals surface area contributed by atoms with E-state index >= 15 is 0 Å². The van der Waals surface area contributed by atoms with Crippen molar-refractivity contribution in [1.29, 1.82) is 0 Å². The van der Waals surface area contributed by atoms with Gasteiger partial charge in [0.15, 0.2) is 4.67 Å². The fourth-order valence-corrected chi connectivity index (χ4v) is 1.77. The number of nitrogens with zero attached hydrogens (tertiary/aromatic N) is 2. The molecule has 0 bridgehead atoms. The van der Waals surface area contributed by atoms with Gasteiger partial charge in [0.25, 0.3) is 5.91 Å². The number of hydrogen-bond donors (Lipinski definition) is 1. The third-order valence-corrected chi connectivity index (χ3v) is 2.69. The summed E-state index contributed by atoms with van der Waals surface area (Å²) in [6.07, 6.45) is 1.56. The molecule has 0 saturated carbocycles. The van der Waals surface area contributed by atoms with E-state index in [0.717, 1.165) is 0 Å². The topological polar surface area (TPSA) is 74.9 Å². The quantitative estimate of drug-likeness (QED) is 0.794. The van der Waals surface area contributed by atoms with Gasteiger partial charge in [-0.25, -0.2) is 0 Å². The smallest absolute Gasteiger partial charge is 0.297 e. The van der Waals surface area contributed by atoms with Crippen LogP contribution in [0.15, 0.2) is 31.9 Å². The Labute approximate surface area is 111 Å². The zero-order valence-corrected chi connectivity index (χ0v) is 11.3. The summed E-state index contributed by atoms with van der Waals surface area (Å²) >= 11 is 3.18. The van der Waals surface area contributed by atoms with Crippen molar-refractivity contribution in [2.24, 2.45) is 4.99 Å². The maximum Gasteiger partial charge on any atom is 0.297 e. The van der Waals surface area contributed by atoms with Crippen molar-refractivity contribution in [3.05, 3.63) is 28.3 Å². The monoisotopic (exact) mass is 311 g/mol. The number of hydrogen-bond acceptors (Lipinski definition) is 4. The number of rotatable bonds is 1. The van der Waals surface area contributed by atoms with Crippen molar-refractivity contribution in [2.45, 2.75) is 6.92 Å². The van der Waals surface area contributed by atoms with Crippen LogP contribution in [-0.4, -0.2) is 29.7 Å². The Kier molecular flexibility index (Phi) is 3.33. The van der Waals surface area contributed by atoms with Crippen molar-refractivity contribution in [3.8, 4) is 0 Å². The molecule has 0 aromatic carbocycles. The first-order valence-electron chi connectivity index (χ1n) is 5.09. The molecule has 0 aliphatic carbocycles. The van der Waals surface area contributed by atoms with Crippen LogP contribution in [0.3, 0.4) is 0 Å². The minimum absolute atomic E-state index is 0.212. The summed E-state index contributed by atoms with van der Waals surface area (Å²) in [5, 5.41) is 2.48. The van der Waals surface area contributed by atoms with E-state index in [0.29, 0.717) is 16.1 Å². The predicted octanol–water partition coefficient (Wildman–Crippen LogP) is 1.35. The highest BCUT2D eigenvalue weighted by Crippen LogP contribution is 2.20. The average Bonchev–Trinajstić information content (AvgIpc) is 2.78. The molecule has 0 radical (unpaired) electrons. The van der Waals surface area contributed by atoms with Gasteiger partial charge in [-0.15, -0.1) is 0 Å². The molecule has 6 nitrogen and oxygen atoms in total. The largest absolute Gasteiger partial charge is 0.450 e. The number of furan rings is 1. The van der Waals surface area contributed by atoms with E-state index in [4.69, 9.17) is 4.42 Å². The fraction of sp³-hybridized carbons (Fsp3) is 0.182. The minimum Gasteiger partial charge on any atom is -0.450 e. The van der Waals surface area contributed by atoms with Gasteiger partial charge in [-0.05, 0) is 28.1 Å². The Bertz CT molecular complexity index is 574. The summed E-state index contributed by atoms with van der Waals surface area (Å²) < 4.78 is 5.86. The summed E-state index contributed by atoms with van der Waals surface area (Å²) in [6.45, 7) is 1.35. The van der Waals surface area contributed by atoms with Crippen molar-refractivity contribution in [1.82, 2.24) is 10.2 Å². The normalized spacial score (nSPS) is 17.3. The number of halogens is 1. The molecule has 18 heavy (non-hydrogen) atoms. The van der Waals surface area contributed by atoms with Crippen LogP contribution in [0.2, 0.25) is 0 Å². The molecule has 2 amide bonds. The minimum atomic E-state index is -0.422. The third-order valence-electron chi connectivity index (χ3n) is 2.27. The Morgan fingerprint density at radius 2 is 2.28 bits per heavy atom. The molecule has 1 aromatic heterocycles. The van der Waals surface area contributed by atoms with Crippen molar-refractivity contribution >= 4 is 39.8 Å². The number of aliphatic imine (C=N–C) groups is 1. The Morgan fingerprint density at radius 1 is 1.56 bits per heavy atom. The second-order valence-electron chi connectivity index (χ2n) is 3.65. The molecule has 0 fully saturated rings. The number of carbonyl (C=O) groups is 2. The fourth-order valence-electron chi connectivity index (χ4n) is 1.45. The number of carbonyl (C=O) groups excluding carboxylic acids is 2. The van der Waals surface area contributed by atoms with Crippen molar-refractivity contribution in [3.63, 3.8) is 0 Å². The van der Waals surface area contributed by atoms with Gasteiger partial charge in [0, 0.05) is 20.0 Å². The van der Waals surface area contributed by atoms with Gasteiger partial charge in [-0.2, -0.15) is 4.99 Å². The van der Waals surface area contributed by atoms with Gasteiger partial charge in [-0.3, -0.25) is 14.9 Å². The van der Waals surface area contributed by atoms with E-state index in [-0.39, 0.29) is 11.9 Å². The van der Waals surface area contributed by atoms with Crippen molar-refractivity contribution < 1.29 is 14.0 Å². The number of amides is 2. The molecule has 2 rings (SSSR count). The van der Waals surface area contributed by atoms with Gasteiger partial charge in [0.1, 0.15) is 11.5 Å². The SMILES string of the molecule is CC(=O)NC1=NC(=O)/C(=C/c2ccc(Br)o2)N1C. The highest BCUT2D eigenvalue weighted by Gasteiger charge is 2.27. The summed E-state index contributed by atoms with van der Waals surface area (Å²) in [5.74, 6) is 0.0323. The molecule has 0 atom stereocenters. The molecule has 0 unspecified atom stereocenters. The first kappa shape index (κ1) is 12.6. The van der Waals surface area contributed by atoms with Gasteiger partial charge in [0.2, 0.25) is 11.9 Å². The molecule has 1 aliphatic heterocycles. The van der Waals surface area contributed by atoms with Gasteiger partial charge < -0.3 is 9.32 Å². The van der Waals surface area contributed by atoms with Gasteiger partial charge in [0.05, 0.1) is 0 Å². The van der Waals surface area contributed by atoms with E-state index in [1.807, 2.05) is 0 Å². The lowest BCUT2D eigenvalue weighted by Crippen LogP contribution is -2.37. The number of guanidine groups is 1. The Morgan fingerprint density at radius 3 is 2.83 bits per heavy atom. The standard InChI is InChI=1S/C11H10BrN3O3/c1-6(16)13-11-14-10(17)8(15(11)2)5-7-3-4-9(12)18-7/h3-5H,1-2H3,(H,13,14,16,17)/b8-5-. The van der Waals surface area contributed by atoms with E-state index < -0.39 is 5.91 Å². The second-order valence-corrected chi connectivity index (χ2v) is 4.43. The molecular weight excluding hydrogens is 302 g/mol. The first-order chi connectivity index (χ1) is 8.47. The maximum atomic E-state index is 11.7. The molecule has 0 spiro atoms. The second kappa shape index (κ2) is 4.77. The molecule has 1 aromatic rings. The lowest BCUT2D eigenvalue weighted by molar-refractivity contribution is -0.117.